The summed E-state index contributed by atoms with van der Waals surface area (Å²) in [5, 5.41) is 0. The summed E-state index contributed by atoms with van der Waals surface area (Å²) < 4.78 is 2.20. The first-order chi connectivity index (χ1) is 8.75. The Kier molecular flexibility index (Phi) is 7.74. The maximum atomic E-state index is 5.90. The van der Waals surface area contributed by atoms with Crippen LogP contribution in [0.3, 0.4) is 0 Å². The van der Waals surface area contributed by atoms with E-state index in [4.69, 9.17) is 5.73 Å². The first-order valence-corrected chi connectivity index (χ1v) is 7.51. The highest BCUT2D eigenvalue weighted by Crippen LogP contribution is 2.12. The molecule has 1 rings (SSSR count). The Labute approximate surface area is 112 Å². The molecule has 1 heterocycles. The average molecular weight is 251 g/mol. The Morgan fingerprint density at radius 1 is 1.11 bits per heavy atom. The highest BCUT2D eigenvalue weighted by molar-refractivity contribution is 5.02. The number of hydrogen-bond acceptors (Lipinski definition) is 2. The lowest BCUT2D eigenvalue weighted by molar-refractivity contribution is 0.530. The minimum absolute atomic E-state index is 0.0848. The molecule has 0 aliphatic heterocycles. The molecule has 0 fully saturated rings. The van der Waals surface area contributed by atoms with E-state index in [0.29, 0.717) is 0 Å². The van der Waals surface area contributed by atoms with Crippen molar-refractivity contribution < 1.29 is 0 Å². The van der Waals surface area contributed by atoms with Gasteiger partial charge in [0.15, 0.2) is 0 Å². The van der Waals surface area contributed by atoms with Crippen molar-refractivity contribution in [1.29, 1.82) is 0 Å². The normalized spacial score (nSPS) is 12.8. The quantitative estimate of drug-likeness (QED) is 0.638. The molecule has 3 nitrogen and oxygen atoms in total. The molecule has 0 spiro atoms. The van der Waals surface area contributed by atoms with E-state index in [-0.39, 0.29) is 6.04 Å². The lowest BCUT2D eigenvalue weighted by Crippen LogP contribution is -2.11. The van der Waals surface area contributed by atoms with Gasteiger partial charge in [-0.15, -0.1) is 0 Å². The molecule has 104 valence electrons. The van der Waals surface area contributed by atoms with E-state index in [1.54, 1.807) is 0 Å². The lowest BCUT2D eigenvalue weighted by atomic mass is 10.1. The Hall–Kier alpha value is -0.830. The highest BCUT2D eigenvalue weighted by Gasteiger charge is 2.05. The third-order valence-electron chi connectivity index (χ3n) is 3.46. The van der Waals surface area contributed by atoms with E-state index in [1.807, 2.05) is 19.4 Å². The van der Waals surface area contributed by atoms with Crippen LogP contribution in [0.4, 0.5) is 0 Å². The zero-order valence-corrected chi connectivity index (χ0v) is 12.1. The Bertz CT molecular complexity index is 304. The number of aryl methyl sites for hydroxylation is 1. The fraction of sp³-hybridized carbons (Fsp3) is 0.800. The van der Waals surface area contributed by atoms with E-state index in [9.17, 15) is 0 Å². The summed E-state index contributed by atoms with van der Waals surface area (Å²) in [6, 6.07) is 0.0848. The Morgan fingerprint density at radius 3 is 2.33 bits per heavy atom. The third kappa shape index (κ3) is 5.67. The lowest BCUT2D eigenvalue weighted by Gasteiger charge is -2.10. The van der Waals surface area contributed by atoms with Crippen LogP contribution >= 0.6 is 0 Å². The van der Waals surface area contributed by atoms with Gasteiger partial charge in [0.25, 0.3) is 0 Å². The van der Waals surface area contributed by atoms with Crippen LogP contribution in [0, 0.1) is 0 Å². The second kappa shape index (κ2) is 9.15. The molecule has 1 aromatic heterocycles. The summed E-state index contributed by atoms with van der Waals surface area (Å²) in [5.74, 6) is 0. The van der Waals surface area contributed by atoms with Crippen molar-refractivity contribution in [1.82, 2.24) is 9.55 Å². The second-order valence-corrected chi connectivity index (χ2v) is 5.28. The minimum atomic E-state index is 0.0848. The molecule has 0 aliphatic carbocycles. The monoisotopic (exact) mass is 251 g/mol. The van der Waals surface area contributed by atoms with Gasteiger partial charge in [0.05, 0.1) is 12.0 Å². The van der Waals surface area contributed by atoms with E-state index >= 15 is 0 Å². The van der Waals surface area contributed by atoms with Gasteiger partial charge < -0.3 is 10.3 Å². The van der Waals surface area contributed by atoms with Gasteiger partial charge in [0.1, 0.15) is 0 Å². The molecular formula is C15H29N3. The van der Waals surface area contributed by atoms with Gasteiger partial charge in [-0.2, -0.15) is 0 Å². The molecule has 18 heavy (non-hydrogen) atoms. The number of imidazole rings is 1. The topological polar surface area (TPSA) is 43.8 Å². The number of nitrogens with zero attached hydrogens (tertiary/aromatic N) is 2. The van der Waals surface area contributed by atoms with Gasteiger partial charge in [-0.1, -0.05) is 51.9 Å². The molecule has 1 aromatic rings. The van der Waals surface area contributed by atoms with Gasteiger partial charge in [0.2, 0.25) is 0 Å². The first-order valence-electron chi connectivity index (χ1n) is 7.51. The maximum absolute atomic E-state index is 5.90. The third-order valence-corrected chi connectivity index (χ3v) is 3.46. The molecule has 2 N–H and O–H groups in total. The highest BCUT2D eigenvalue weighted by atomic mass is 15.1. The fourth-order valence-corrected chi connectivity index (χ4v) is 2.31. The molecule has 0 aromatic carbocycles. The molecule has 1 unspecified atom stereocenters. The summed E-state index contributed by atoms with van der Waals surface area (Å²) in [6.45, 7) is 5.34. The van der Waals surface area contributed by atoms with Crippen molar-refractivity contribution in [2.45, 2.75) is 77.8 Å². The van der Waals surface area contributed by atoms with Crippen molar-refractivity contribution >= 4 is 0 Å². The van der Waals surface area contributed by atoms with E-state index in [1.165, 1.54) is 51.4 Å². The predicted molar refractivity (Wildman–Crippen MR) is 77.4 cm³/mol. The first kappa shape index (κ1) is 15.2. The zero-order valence-electron chi connectivity index (χ0n) is 12.1. The van der Waals surface area contributed by atoms with Crippen LogP contribution in [0.2, 0.25) is 0 Å². The Morgan fingerprint density at radius 2 is 1.72 bits per heavy atom. The van der Waals surface area contributed by atoms with Gasteiger partial charge in [-0.25, -0.2) is 4.98 Å². The van der Waals surface area contributed by atoms with Crippen molar-refractivity contribution in [3.63, 3.8) is 0 Å². The standard InChI is InChI=1S/C15H29N3/c1-3-4-5-6-7-8-9-10-11-18-13-17-12-15(18)14(2)16/h12-14H,3-11,16H2,1-2H3. The number of rotatable bonds is 10. The minimum Gasteiger partial charge on any atom is -0.333 e. The van der Waals surface area contributed by atoms with E-state index < -0.39 is 0 Å². The van der Waals surface area contributed by atoms with Crippen molar-refractivity contribution in [3.05, 3.63) is 18.2 Å². The zero-order chi connectivity index (χ0) is 13.2. The van der Waals surface area contributed by atoms with Gasteiger partial charge in [-0.3, -0.25) is 0 Å². The van der Waals surface area contributed by atoms with Gasteiger partial charge in [0, 0.05) is 18.8 Å². The van der Waals surface area contributed by atoms with Crippen LogP contribution in [0.1, 0.15) is 76.9 Å². The number of aromatic nitrogens is 2. The van der Waals surface area contributed by atoms with Crippen LogP contribution in [0.5, 0.6) is 0 Å². The SMILES string of the molecule is CCCCCCCCCCn1cncc1C(C)N. The van der Waals surface area contributed by atoms with Crippen LogP contribution in [0.25, 0.3) is 0 Å². The maximum Gasteiger partial charge on any atom is 0.0948 e. The smallest absolute Gasteiger partial charge is 0.0948 e. The summed E-state index contributed by atoms with van der Waals surface area (Å²) >= 11 is 0. The molecular weight excluding hydrogens is 222 g/mol. The summed E-state index contributed by atoms with van der Waals surface area (Å²) in [7, 11) is 0. The van der Waals surface area contributed by atoms with Gasteiger partial charge >= 0.3 is 0 Å². The fourth-order valence-electron chi connectivity index (χ4n) is 2.31. The average Bonchev–Trinajstić information content (AvgIpc) is 2.81. The number of hydrogen-bond donors (Lipinski definition) is 1. The summed E-state index contributed by atoms with van der Waals surface area (Å²) in [6.07, 6.45) is 14.7. The largest absolute Gasteiger partial charge is 0.333 e. The van der Waals surface area contributed by atoms with Gasteiger partial charge in [-0.05, 0) is 13.3 Å². The predicted octanol–water partition coefficient (Wildman–Crippen LogP) is 4.04. The van der Waals surface area contributed by atoms with Crippen LogP contribution in [-0.2, 0) is 6.54 Å². The molecule has 0 radical (unpaired) electrons. The summed E-state index contributed by atoms with van der Waals surface area (Å²) in [5.41, 5.74) is 7.05. The molecule has 1 atom stereocenters. The van der Waals surface area contributed by atoms with Crippen molar-refractivity contribution in [2.75, 3.05) is 0 Å². The molecule has 0 amide bonds. The second-order valence-electron chi connectivity index (χ2n) is 5.28. The van der Waals surface area contributed by atoms with Crippen molar-refractivity contribution in [2.24, 2.45) is 5.73 Å². The van der Waals surface area contributed by atoms with Crippen LogP contribution < -0.4 is 5.73 Å². The number of nitrogens with two attached hydrogens (primary N) is 1. The molecule has 3 heteroatoms. The molecule has 0 bridgehead atoms. The van der Waals surface area contributed by atoms with Crippen LogP contribution in [0.15, 0.2) is 12.5 Å². The van der Waals surface area contributed by atoms with E-state index in [0.717, 1.165) is 12.2 Å². The molecule has 0 saturated heterocycles. The van der Waals surface area contributed by atoms with E-state index in [2.05, 4.69) is 16.5 Å². The van der Waals surface area contributed by atoms with Crippen molar-refractivity contribution in [3.8, 4) is 0 Å². The Balaban J connectivity index is 2.05. The van der Waals surface area contributed by atoms with Crippen LogP contribution in [-0.4, -0.2) is 9.55 Å². The number of unbranched alkanes of at least 4 members (excludes halogenated alkanes) is 7. The molecule has 0 aliphatic rings. The summed E-state index contributed by atoms with van der Waals surface area (Å²) in [4.78, 5) is 4.18. The molecule has 0 saturated carbocycles.